The van der Waals surface area contributed by atoms with E-state index in [-0.39, 0.29) is 47.9 Å². The molecule has 0 unspecified atom stereocenters. The third kappa shape index (κ3) is 9.21. The topological polar surface area (TPSA) is 63.1 Å². The van der Waals surface area contributed by atoms with Gasteiger partial charge in [-0.05, 0) is 80.0 Å². The van der Waals surface area contributed by atoms with Crippen molar-refractivity contribution in [1.82, 2.24) is 9.97 Å². The summed E-state index contributed by atoms with van der Waals surface area (Å²) in [6.45, 7) is 30.1. The van der Waals surface area contributed by atoms with Crippen LogP contribution in [0.3, 0.4) is 0 Å². The maximum atomic E-state index is 12.2. The number of nitrogens with zero attached hydrogens (tertiary/aromatic N) is 2. The Morgan fingerprint density at radius 2 is 1.43 bits per heavy atom. The average molecular weight is 910 g/mol. The van der Waals surface area contributed by atoms with E-state index in [2.05, 4.69) is 104 Å². The van der Waals surface area contributed by atoms with Gasteiger partial charge in [0.25, 0.3) is 0 Å². The van der Waals surface area contributed by atoms with Gasteiger partial charge in [-0.2, -0.15) is 0 Å². The molecule has 3 aromatic carbocycles. The van der Waals surface area contributed by atoms with E-state index >= 15 is 0 Å². The molecule has 1 N–H and O–H groups in total. The average Bonchev–Trinajstić information content (AvgIpc) is 3.49. The Kier molecular flexibility index (Phi) is 14.6. The minimum absolute atomic E-state index is 0. The predicted octanol–water partition coefficient (Wildman–Crippen LogP) is 14.0. The Hall–Kier alpha value is -3.18. The molecule has 5 aromatic rings. The molecule has 0 fully saturated rings. The zero-order valence-electron chi connectivity index (χ0n) is 34.6. The van der Waals surface area contributed by atoms with Crippen molar-refractivity contribution in [3.8, 4) is 21.7 Å². The molecule has 4 nitrogen and oxygen atoms in total. The number of thiophene rings is 1. The first-order chi connectivity index (χ1) is 24.3. The van der Waals surface area contributed by atoms with Gasteiger partial charge in [-0.15, -0.1) is 40.5 Å². The molecule has 287 valence electrons. The minimum atomic E-state index is -0.337. The number of carbonyl (C=O) groups is 1. The molecule has 6 heteroatoms. The van der Waals surface area contributed by atoms with E-state index in [1.54, 1.807) is 6.33 Å². The molecule has 0 aliphatic heterocycles. The van der Waals surface area contributed by atoms with Crippen LogP contribution in [0.5, 0.6) is 0 Å². The predicted molar refractivity (Wildman–Crippen MR) is 225 cm³/mol. The zero-order chi connectivity index (χ0) is 38.8. The molecule has 5 rings (SSSR count). The first-order valence-electron chi connectivity index (χ1n) is 19.1. The van der Waals surface area contributed by atoms with Crippen LogP contribution in [0.4, 0.5) is 0 Å². The van der Waals surface area contributed by atoms with Crippen molar-refractivity contribution in [2.75, 3.05) is 0 Å². The molecular weight excluding hydrogens is 849 g/mol. The molecule has 0 atom stereocenters. The van der Waals surface area contributed by atoms with Gasteiger partial charge in [-0.1, -0.05) is 123 Å². The number of aromatic nitrogens is 2. The van der Waals surface area contributed by atoms with Gasteiger partial charge in [0.2, 0.25) is 0 Å². The normalized spacial score (nSPS) is 12.5. The van der Waals surface area contributed by atoms with E-state index in [0.717, 1.165) is 52.5 Å². The molecule has 53 heavy (non-hydrogen) atoms. The SMILES string of the molecule is CCC(C)(CC)C(=O)/C=C(\O)C(C)(CC)CC.Cc1cc(C)c(-c2sc3c(-c4[c-]c5ccccc5c(C(C)(C)C)c4)ncnc3c2C(C)C)c(C)c1.[Ir]. The summed E-state index contributed by atoms with van der Waals surface area (Å²) in [4.78, 5) is 23.2. The van der Waals surface area contributed by atoms with Crippen LogP contribution in [0.2, 0.25) is 0 Å². The fraction of sp³-hybridized carbons (Fsp3) is 0.468. The largest absolute Gasteiger partial charge is 0.512 e. The quantitative estimate of drug-likeness (QED) is 0.0861. The smallest absolute Gasteiger partial charge is 0.164 e. The van der Waals surface area contributed by atoms with Gasteiger partial charge in [-0.25, -0.2) is 4.98 Å². The van der Waals surface area contributed by atoms with Crippen LogP contribution in [-0.2, 0) is 30.3 Å². The molecule has 2 aromatic heterocycles. The number of aliphatic hydroxyl groups excluding tert-OH is 1. The first-order valence-corrected chi connectivity index (χ1v) is 19.9. The summed E-state index contributed by atoms with van der Waals surface area (Å²) in [5.74, 6) is 0.640. The van der Waals surface area contributed by atoms with Gasteiger partial charge in [-0.3, -0.25) is 9.78 Å². The Labute approximate surface area is 337 Å². The van der Waals surface area contributed by atoms with Crippen molar-refractivity contribution in [3.05, 3.63) is 94.5 Å². The molecule has 0 saturated heterocycles. The maximum absolute atomic E-state index is 12.2. The molecule has 0 spiro atoms. The number of benzene rings is 3. The molecule has 2 heterocycles. The van der Waals surface area contributed by atoms with Crippen LogP contribution in [0.15, 0.2) is 60.6 Å². The van der Waals surface area contributed by atoms with E-state index in [9.17, 15) is 9.90 Å². The Bertz CT molecular complexity index is 2070. The molecule has 0 saturated carbocycles. The number of hydrogen-bond donors (Lipinski definition) is 1. The summed E-state index contributed by atoms with van der Waals surface area (Å²) in [6.07, 6.45) is 6.49. The van der Waals surface area contributed by atoms with Crippen LogP contribution in [0.25, 0.3) is 42.7 Å². The van der Waals surface area contributed by atoms with Crippen molar-refractivity contribution < 1.29 is 30.0 Å². The van der Waals surface area contributed by atoms with Gasteiger partial charge in [0.1, 0.15) is 12.1 Å². The van der Waals surface area contributed by atoms with Crippen LogP contribution in [-0.4, -0.2) is 20.9 Å². The number of rotatable bonds is 10. The van der Waals surface area contributed by atoms with Gasteiger partial charge >= 0.3 is 0 Å². The van der Waals surface area contributed by atoms with Crippen LogP contribution < -0.4 is 0 Å². The number of ketones is 1. The van der Waals surface area contributed by atoms with Crippen molar-refractivity contribution in [3.63, 3.8) is 0 Å². The van der Waals surface area contributed by atoms with E-state index in [4.69, 9.17) is 9.97 Å². The standard InChI is InChI=1S/C32H33N2S.C15H28O2.Ir/c1-18(2)26-29-31(35-30(26)27-20(4)13-19(3)14-21(27)5)28(33-17-34-29)23-15-22-11-9-10-12-24(22)25(16-23)32(6,7)8;1-7-14(5,8-2)12(16)11-13(17)15(6,9-3)10-4;/h9-14,16-18H,1-8H3;11,16H,7-10H2,1-6H3;/q-1;;/b;12-11-;. The molecule has 0 aliphatic rings. The summed E-state index contributed by atoms with van der Waals surface area (Å²) in [5.41, 5.74) is 10.4. The maximum Gasteiger partial charge on any atom is 0.164 e. The third-order valence-electron chi connectivity index (χ3n) is 11.4. The van der Waals surface area contributed by atoms with Crippen molar-refractivity contribution in [1.29, 1.82) is 0 Å². The summed E-state index contributed by atoms with van der Waals surface area (Å²) in [7, 11) is 0. The number of allylic oxidation sites excluding steroid dienone is 2. The number of carbonyl (C=O) groups excluding carboxylic acids is 1. The van der Waals surface area contributed by atoms with Crippen LogP contribution >= 0.6 is 11.3 Å². The Balaban J connectivity index is 0.000000359. The summed E-state index contributed by atoms with van der Waals surface area (Å²) in [5, 5.41) is 12.5. The van der Waals surface area contributed by atoms with Crippen LogP contribution in [0.1, 0.15) is 136 Å². The number of aliphatic hydroxyl groups is 1. The molecule has 0 amide bonds. The second-order valence-electron chi connectivity index (χ2n) is 16.5. The van der Waals surface area contributed by atoms with Crippen molar-refractivity contribution in [2.24, 2.45) is 10.8 Å². The second-order valence-corrected chi connectivity index (χ2v) is 17.5. The first kappa shape index (κ1) is 44.2. The van der Waals surface area contributed by atoms with E-state index in [1.807, 2.05) is 52.9 Å². The second kappa shape index (κ2) is 17.5. The van der Waals surface area contributed by atoms with Gasteiger partial charge in [0.15, 0.2) is 5.78 Å². The Morgan fingerprint density at radius 3 is 1.96 bits per heavy atom. The van der Waals surface area contributed by atoms with Gasteiger partial charge in [0, 0.05) is 52.3 Å². The number of fused-ring (bicyclic) bond motifs is 2. The van der Waals surface area contributed by atoms with E-state index < -0.39 is 0 Å². The molecule has 0 bridgehead atoms. The van der Waals surface area contributed by atoms with Crippen LogP contribution in [0, 0.1) is 37.7 Å². The van der Waals surface area contributed by atoms with Gasteiger partial charge in [0.05, 0.1) is 5.52 Å². The van der Waals surface area contributed by atoms with Gasteiger partial charge < -0.3 is 5.11 Å². The molecular formula is C47H61IrN2O2S-. The molecule has 1 radical (unpaired) electrons. The minimum Gasteiger partial charge on any atom is -0.512 e. The zero-order valence-corrected chi connectivity index (χ0v) is 37.8. The molecule has 0 aliphatic carbocycles. The van der Waals surface area contributed by atoms with E-state index in [0.29, 0.717) is 5.92 Å². The van der Waals surface area contributed by atoms with E-state index in [1.165, 1.54) is 49.7 Å². The van der Waals surface area contributed by atoms with Crippen molar-refractivity contribution in [2.45, 2.75) is 134 Å². The Morgan fingerprint density at radius 1 is 0.868 bits per heavy atom. The monoisotopic (exact) mass is 910 g/mol. The summed E-state index contributed by atoms with van der Waals surface area (Å²) < 4.78 is 1.15. The number of hydrogen-bond acceptors (Lipinski definition) is 5. The van der Waals surface area contributed by atoms with Crippen molar-refractivity contribution >= 4 is 38.1 Å². The third-order valence-corrected chi connectivity index (χ3v) is 12.6. The summed E-state index contributed by atoms with van der Waals surface area (Å²) >= 11 is 1.83. The summed E-state index contributed by atoms with van der Waals surface area (Å²) in [6, 6.07) is 19.1. The number of aryl methyl sites for hydroxylation is 3. The fourth-order valence-electron chi connectivity index (χ4n) is 7.04. The fourth-order valence-corrected chi connectivity index (χ4v) is 8.63.